The van der Waals surface area contributed by atoms with Gasteiger partial charge in [-0.3, -0.25) is 0 Å². The first-order valence-electron chi connectivity index (χ1n) is 13.6. The van der Waals surface area contributed by atoms with E-state index in [0.717, 1.165) is 80.2 Å². The lowest BCUT2D eigenvalue weighted by Crippen LogP contribution is -2.36. The maximum absolute atomic E-state index is 10.1. The first kappa shape index (κ1) is 29.0. The molecule has 1 aliphatic heterocycles. The number of hydrogen-bond acceptors (Lipinski definition) is 2. The highest BCUT2D eigenvalue weighted by Crippen LogP contribution is 2.41. The monoisotopic (exact) mass is 478 g/mol. The Balaban J connectivity index is 1.74. The zero-order valence-electron chi connectivity index (χ0n) is 23.8. The molecule has 0 bridgehead atoms. The van der Waals surface area contributed by atoms with E-state index < -0.39 is 0 Å². The van der Waals surface area contributed by atoms with E-state index in [9.17, 15) is 5.11 Å². The van der Waals surface area contributed by atoms with Crippen LogP contribution in [0.1, 0.15) is 116 Å². The summed E-state index contributed by atoms with van der Waals surface area (Å²) < 4.78 is 6.51. The summed E-state index contributed by atoms with van der Waals surface area (Å²) in [7, 11) is 0. The van der Waals surface area contributed by atoms with Gasteiger partial charge in [0.15, 0.2) is 0 Å². The van der Waals surface area contributed by atoms with Gasteiger partial charge in [-0.1, -0.05) is 46.6 Å². The molecule has 1 atom stereocenters. The molecule has 194 valence electrons. The van der Waals surface area contributed by atoms with Gasteiger partial charge in [-0.15, -0.1) is 0 Å². The average molecular weight is 479 g/mol. The molecule has 0 amide bonds. The van der Waals surface area contributed by atoms with Crippen molar-refractivity contribution in [2.45, 2.75) is 125 Å². The Labute approximate surface area is 215 Å². The van der Waals surface area contributed by atoms with E-state index in [1.54, 1.807) is 0 Å². The van der Waals surface area contributed by atoms with Crippen LogP contribution in [-0.4, -0.2) is 10.7 Å². The van der Waals surface area contributed by atoms with E-state index in [1.165, 1.54) is 28.7 Å². The fourth-order valence-corrected chi connectivity index (χ4v) is 4.75. The van der Waals surface area contributed by atoms with E-state index in [4.69, 9.17) is 4.74 Å². The Bertz CT molecular complexity index is 969. The number of benzene rings is 1. The first-order chi connectivity index (χ1) is 16.5. The summed E-state index contributed by atoms with van der Waals surface area (Å²) in [6.07, 6.45) is 20.5. The lowest BCUT2D eigenvalue weighted by atomic mass is 9.87. The number of phenols is 1. The average Bonchev–Trinajstić information content (AvgIpc) is 2.78. The van der Waals surface area contributed by atoms with Gasteiger partial charge in [0.05, 0.1) is 0 Å². The van der Waals surface area contributed by atoms with Gasteiger partial charge in [0.25, 0.3) is 0 Å². The van der Waals surface area contributed by atoms with Crippen molar-refractivity contribution in [3.63, 3.8) is 0 Å². The van der Waals surface area contributed by atoms with Crippen molar-refractivity contribution >= 4 is 0 Å². The predicted molar refractivity (Wildman–Crippen MR) is 153 cm³/mol. The number of aryl methyl sites for hydroxylation is 1. The molecule has 0 aliphatic carbocycles. The van der Waals surface area contributed by atoms with Crippen LogP contribution >= 0.6 is 0 Å². The highest BCUT2D eigenvalue weighted by molar-refractivity contribution is 5.53. The van der Waals surface area contributed by atoms with E-state index in [2.05, 4.69) is 72.8 Å². The van der Waals surface area contributed by atoms with Gasteiger partial charge in [0.2, 0.25) is 0 Å². The summed E-state index contributed by atoms with van der Waals surface area (Å²) >= 11 is 0. The highest BCUT2D eigenvalue weighted by atomic mass is 16.5. The molecule has 2 heteroatoms. The van der Waals surface area contributed by atoms with Gasteiger partial charge in [-0.25, -0.2) is 0 Å². The normalized spacial score (nSPS) is 18.8. The second kappa shape index (κ2) is 13.8. The summed E-state index contributed by atoms with van der Waals surface area (Å²) in [4.78, 5) is 0. The zero-order chi connectivity index (χ0) is 26.0. The van der Waals surface area contributed by atoms with Crippen molar-refractivity contribution in [3.8, 4) is 11.5 Å². The van der Waals surface area contributed by atoms with Crippen LogP contribution in [0.4, 0.5) is 0 Å². The molecule has 1 aromatic rings. The van der Waals surface area contributed by atoms with Gasteiger partial charge < -0.3 is 9.84 Å². The van der Waals surface area contributed by atoms with Gasteiger partial charge in [-0.2, -0.15) is 0 Å². The van der Waals surface area contributed by atoms with Crippen molar-refractivity contribution in [2.24, 2.45) is 0 Å². The minimum absolute atomic E-state index is 0.133. The minimum atomic E-state index is -0.133. The standard InChI is InChI=1S/C33H50O2/c1-24(2)13-9-14-25(3)15-10-16-26(4)17-11-18-27(5)19-12-21-33(8)22-20-30-23-31(34)28(6)29(7)32(30)35-33/h13,15,17,19,23,34H,9-12,14,16,18,20-22H2,1-8H3/b25-15+,26-17+,27-19+. The van der Waals surface area contributed by atoms with Gasteiger partial charge >= 0.3 is 0 Å². The topological polar surface area (TPSA) is 29.5 Å². The lowest BCUT2D eigenvalue weighted by molar-refractivity contribution is 0.0560. The summed E-state index contributed by atoms with van der Waals surface area (Å²) in [6.45, 7) is 17.4. The Morgan fingerprint density at radius 3 is 1.89 bits per heavy atom. The molecule has 0 saturated carbocycles. The van der Waals surface area contributed by atoms with Crippen molar-refractivity contribution in [3.05, 3.63) is 69.4 Å². The van der Waals surface area contributed by atoms with Crippen LogP contribution in [0.25, 0.3) is 0 Å². The molecule has 1 heterocycles. The second-order valence-corrected chi connectivity index (χ2v) is 11.3. The maximum atomic E-state index is 10.1. The molecule has 1 N–H and O–H groups in total. The Kier molecular flexibility index (Phi) is 11.4. The Morgan fingerprint density at radius 2 is 1.34 bits per heavy atom. The summed E-state index contributed by atoms with van der Waals surface area (Å²) in [5.41, 5.74) is 8.92. The first-order valence-corrected chi connectivity index (χ1v) is 13.6. The number of allylic oxidation sites excluding steroid dienone is 8. The molecule has 0 fully saturated rings. The van der Waals surface area contributed by atoms with Crippen molar-refractivity contribution < 1.29 is 9.84 Å². The molecule has 0 radical (unpaired) electrons. The number of ether oxygens (including phenoxy) is 1. The lowest BCUT2D eigenvalue weighted by Gasteiger charge is -2.37. The van der Waals surface area contributed by atoms with Crippen LogP contribution in [0.3, 0.4) is 0 Å². The predicted octanol–water partition coefficient (Wildman–Crippen LogP) is 10.0. The van der Waals surface area contributed by atoms with Crippen LogP contribution < -0.4 is 4.74 Å². The van der Waals surface area contributed by atoms with Crippen molar-refractivity contribution in [2.75, 3.05) is 0 Å². The number of hydrogen-bond donors (Lipinski definition) is 1. The third-order valence-corrected chi connectivity index (χ3v) is 7.48. The summed E-state index contributed by atoms with van der Waals surface area (Å²) in [5, 5.41) is 10.1. The van der Waals surface area contributed by atoms with E-state index in [1.807, 2.05) is 13.0 Å². The third kappa shape index (κ3) is 9.74. The number of rotatable bonds is 12. The van der Waals surface area contributed by atoms with Crippen LogP contribution in [0, 0.1) is 13.8 Å². The van der Waals surface area contributed by atoms with Crippen LogP contribution in [0.2, 0.25) is 0 Å². The Hall–Kier alpha value is -2.22. The SMILES string of the molecule is CC(C)=CCC/C(C)=C/CC/C(C)=C/CC/C(C)=C/CCC1(C)CCc2cc(O)c(C)c(C)c2O1. The van der Waals surface area contributed by atoms with E-state index in [-0.39, 0.29) is 5.60 Å². The molecule has 2 rings (SSSR count). The molecule has 1 aromatic carbocycles. The van der Waals surface area contributed by atoms with Crippen LogP contribution in [-0.2, 0) is 6.42 Å². The molecule has 1 unspecified atom stereocenters. The molecular weight excluding hydrogens is 428 g/mol. The minimum Gasteiger partial charge on any atom is -0.508 e. The molecule has 0 aromatic heterocycles. The summed E-state index contributed by atoms with van der Waals surface area (Å²) in [6, 6.07) is 1.89. The van der Waals surface area contributed by atoms with Crippen LogP contribution in [0.5, 0.6) is 11.5 Å². The molecule has 35 heavy (non-hydrogen) atoms. The van der Waals surface area contributed by atoms with Gasteiger partial charge in [0, 0.05) is 0 Å². The second-order valence-electron chi connectivity index (χ2n) is 11.3. The molecule has 0 saturated heterocycles. The van der Waals surface area contributed by atoms with E-state index >= 15 is 0 Å². The number of fused-ring (bicyclic) bond motifs is 1. The zero-order valence-corrected chi connectivity index (χ0v) is 23.8. The van der Waals surface area contributed by atoms with Crippen molar-refractivity contribution in [1.82, 2.24) is 0 Å². The number of phenolic OH excluding ortho intramolecular Hbond substituents is 1. The smallest absolute Gasteiger partial charge is 0.126 e. The maximum Gasteiger partial charge on any atom is 0.126 e. The molecule has 2 nitrogen and oxygen atoms in total. The molecular formula is C33H50O2. The fraction of sp³-hybridized carbons (Fsp3) is 0.576. The number of aromatic hydroxyl groups is 1. The van der Waals surface area contributed by atoms with Gasteiger partial charge in [0.1, 0.15) is 17.1 Å². The molecule has 0 spiro atoms. The van der Waals surface area contributed by atoms with E-state index in [0.29, 0.717) is 5.75 Å². The third-order valence-electron chi connectivity index (χ3n) is 7.48. The largest absolute Gasteiger partial charge is 0.508 e. The van der Waals surface area contributed by atoms with Gasteiger partial charge in [-0.05, 0) is 142 Å². The van der Waals surface area contributed by atoms with Crippen molar-refractivity contribution in [1.29, 1.82) is 0 Å². The summed E-state index contributed by atoms with van der Waals surface area (Å²) in [5.74, 6) is 1.38. The fourth-order valence-electron chi connectivity index (χ4n) is 4.75. The quantitative estimate of drug-likeness (QED) is 0.303. The highest BCUT2D eigenvalue weighted by Gasteiger charge is 2.32. The van der Waals surface area contributed by atoms with Crippen LogP contribution in [0.15, 0.2) is 52.7 Å². The molecule has 1 aliphatic rings. The Morgan fingerprint density at radius 1 is 0.829 bits per heavy atom.